The standard InChI is InChI=1S/C13H20N2O2/c1-4-8-15-13(3,12(16)17-5-2)11-6-9-14-10-7-11/h6-7,9-10,15H,4-5,8H2,1-3H3. The number of rotatable bonds is 6. The third kappa shape index (κ3) is 3.27. The molecule has 0 bridgehead atoms. The first-order valence-corrected chi connectivity index (χ1v) is 5.98. The maximum absolute atomic E-state index is 12.1. The molecule has 1 aromatic heterocycles. The first kappa shape index (κ1) is 13.6. The van der Waals surface area contributed by atoms with E-state index in [1.54, 1.807) is 12.4 Å². The van der Waals surface area contributed by atoms with E-state index in [4.69, 9.17) is 4.74 Å². The summed E-state index contributed by atoms with van der Waals surface area (Å²) in [5.41, 5.74) is 0.0778. The summed E-state index contributed by atoms with van der Waals surface area (Å²) < 4.78 is 5.14. The number of ether oxygens (including phenoxy) is 1. The van der Waals surface area contributed by atoms with Crippen molar-refractivity contribution in [3.05, 3.63) is 30.1 Å². The average Bonchev–Trinajstić information content (AvgIpc) is 2.37. The Balaban J connectivity index is 2.97. The molecule has 0 spiro atoms. The van der Waals surface area contributed by atoms with Crippen LogP contribution in [0.15, 0.2) is 24.5 Å². The SMILES string of the molecule is CCCNC(C)(C(=O)OCC)c1ccncc1. The van der Waals surface area contributed by atoms with Gasteiger partial charge in [0.25, 0.3) is 0 Å². The van der Waals surface area contributed by atoms with Crippen LogP contribution in [0.3, 0.4) is 0 Å². The van der Waals surface area contributed by atoms with Crippen LogP contribution >= 0.6 is 0 Å². The van der Waals surface area contributed by atoms with Crippen LogP contribution in [0.2, 0.25) is 0 Å². The van der Waals surface area contributed by atoms with E-state index in [0.717, 1.165) is 18.5 Å². The molecule has 4 heteroatoms. The Morgan fingerprint density at radius 2 is 2.06 bits per heavy atom. The molecule has 0 aliphatic rings. The fourth-order valence-corrected chi connectivity index (χ4v) is 1.63. The number of carbonyl (C=O) groups is 1. The third-order valence-electron chi connectivity index (χ3n) is 2.67. The van der Waals surface area contributed by atoms with Gasteiger partial charge >= 0.3 is 5.97 Å². The van der Waals surface area contributed by atoms with Gasteiger partial charge in [-0.3, -0.25) is 10.3 Å². The zero-order valence-corrected chi connectivity index (χ0v) is 10.7. The zero-order valence-electron chi connectivity index (χ0n) is 10.7. The van der Waals surface area contributed by atoms with E-state index in [2.05, 4.69) is 17.2 Å². The molecule has 0 aromatic carbocycles. The summed E-state index contributed by atoms with van der Waals surface area (Å²) in [5.74, 6) is -0.250. The van der Waals surface area contributed by atoms with Crippen LogP contribution in [-0.2, 0) is 15.1 Å². The Hall–Kier alpha value is -1.42. The normalized spacial score (nSPS) is 14.1. The highest BCUT2D eigenvalue weighted by Gasteiger charge is 2.35. The van der Waals surface area contributed by atoms with Crippen molar-refractivity contribution < 1.29 is 9.53 Å². The maximum Gasteiger partial charge on any atom is 0.330 e. The fourth-order valence-electron chi connectivity index (χ4n) is 1.63. The van der Waals surface area contributed by atoms with Crippen molar-refractivity contribution in [3.8, 4) is 0 Å². The van der Waals surface area contributed by atoms with Crippen LogP contribution in [0.25, 0.3) is 0 Å². The monoisotopic (exact) mass is 236 g/mol. The summed E-state index contributed by atoms with van der Waals surface area (Å²) in [6.45, 7) is 6.86. The minimum Gasteiger partial charge on any atom is -0.464 e. The predicted molar refractivity (Wildman–Crippen MR) is 66.5 cm³/mol. The number of carbonyl (C=O) groups excluding carboxylic acids is 1. The molecule has 17 heavy (non-hydrogen) atoms. The van der Waals surface area contributed by atoms with Crippen molar-refractivity contribution in [1.29, 1.82) is 0 Å². The van der Waals surface area contributed by atoms with Gasteiger partial charge in [-0.05, 0) is 44.5 Å². The smallest absolute Gasteiger partial charge is 0.330 e. The number of pyridine rings is 1. The second kappa shape index (κ2) is 6.35. The lowest BCUT2D eigenvalue weighted by Crippen LogP contribution is -2.48. The summed E-state index contributed by atoms with van der Waals surface area (Å²) in [6.07, 6.45) is 4.32. The van der Waals surface area contributed by atoms with Crippen molar-refractivity contribution in [2.75, 3.05) is 13.2 Å². The van der Waals surface area contributed by atoms with Gasteiger partial charge in [-0.25, -0.2) is 4.79 Å². The molecule has 94 valence electrons. The molecular formula is C13H20N2O2. The lowest BCUT2D eigenvalue weighted by molar-refractivity contribution is -0.151. The molecule has 0 fully saturated rings. The van der Waals surface area contributed by atoms with Crippen molar-refractivity contribution in [3.63, 3.8) is 0 Å². The number of hydrogen-bond acceptors (Lipinski definition) is 4. The molecule has 1 unspecified atom stereocenters. The van der Waals surface area contributed by atoms with Crippen LogP contribution in [0.5, 0.6) is 0 Å². The lowest BCUT2D eigenvalue weighted by atomic mass is 9.93. The predicted octanol–water partition coefficient (Wildman–Crippen LogP) is 1.86. The fraction of sp³-hybridized carbons (Fsp3) is 0.538. The number of nitrogens with one attached hydrogen (secondary N) is 1. The van der Waals surface area contributed by atoms with Gasteiger partial charge in [-0.1, -0.05) is 6.92 Å². The van der Waals surface area contributed by atoms with Crippen molar-refractivity contribution in [2.45, 2.75) is 32.7 Å². The number of hydrogen-bond donors (Lipinski definition) is 1. The highest BCUT2D eigenvalue weighted by atomic mass is 16.5. The van der Waals surface area contributed by atoms with Crippen molar-refractivity contribution in [1.82, 2.24) is 10.3 Å². The van der Waals surface area contributed by atoms with E-state index in [1.165, 1.54) is 0 Å². The van der Waals surface area contributed by atoms with Gasteiger partial charge < -0.3 is 4.74 Å². The summed E-state index contributed by atoms with van der Waals surface area (Å²) in [5, 5.41) is 3.24. The molecule has 0 saturated carbocycles. The molecular weight excluding hydrogens is 216 g/mol. The maximum atomic E-state index is 12.1. The van der Waals surface area contributed by atoms with Crippen LogP contribution in [0, 0.1) is 0 Å². The molecule has 1 N–H and O–H groups in total. The van der Waals surface area contributed by atoms with Gasteiger partial charge in [0.15, 0.2) is 0 Å². The molecule has 0 radical (unpaired) electrons. The second-order valence-electron chi connectivity index (χ2n) is 4.01. The van der Waals surface area contributed by atoms with Crippen LogP contribution in [0.4, 0.5) is 0 Å². The van der Waals surface area contributed by atoms with Gasteiger partial charge in [0.2, 0.25) is 0 Å². The zero-order chi connectivity index (χ0) is 12.7. The van der Waals surface area contributed by atoms with Gasteiger partial charge in [0, 0.05) is 12.4 Å². The van der Waals surface area contributed by atoms with Gasteiger partial charge in [0.05, 0.1) is 6.61 Å². The quantitative estimate of drug-likeness (QED) is 0.766. The molecule has 1 rings (SSSR count). The Morgan fingerprint density at radius 3 is 2.59 bits per heavy atom. The summed E-state index contributed by atoms with van der Waals surface area (Å²) in [4.78, 5) is 16.0. The Morgan fingerprint density at radius 1 is 1.41 bits per heavy atom. The third-order valence-corrected chi connectivity index (χ3v) is 2.67. The summed E-state index contributed by atoms with van der Waals surface area (Å²) in [7, 11) is 0. The number of aromatic nitrogens is 1. The van der Waals surface area contributed by atoms with E-state index in [9.17, 15) is 4.79 Å². The highest BCUT2D eigenvalue weighted by Crippen LogP contribution is 2.21. The molecule has 4 nitrogen and oxygen atoms in total. The molecule has 0 aliphatic carbocycles. The Kier molecular flexibility index (Phi) is 5.10. The number of esters is 1. The van der Waals surface area contributed by atoms with E-state index in [1.807, 2.05) is 26.0 Å². The van der Waals surface area contributed by atoms with Crippen LogP contribution in [-0.4, -0.2) is 24.1 Å². The van der Waals surface area contributed by atoms with Gasteiger partial charge in [0.1, 0.15) is 5.54 Å². The van der Waals surface area contributed by atoms with E-state index in [-0.39, 0.29) is 5.97 Å². The van der Waals surface area contributed by atoms with Gasteiger partial charge in [-0.15, -0.1) is 0 Å². The summed E-state index contributed by atoms with van der Waals surface area (Å²) >= 11 is 0. The minimum atomic E-state index is -0.797. The van der Waals surface area contributed by atoms with E-state index in [0.29, 0.717) is 6.61 Å². The highest BCUT2D eigenvalue weighted by molar-refractivity contribution is 5.82. The number of nitrogens with zero attached hydrogens (tertiary/aromatic N) is 1. The average molecular weight is 236 g/mol. The van der Waals surface area contributed by atoms with Crippen molar-refractivity contribution >= 4 is 5.97 Å². The Labute approximate surface area is 102 Å². The van der Waals surface area contributed by atoms with Crippen molar-refractivity contribution in [2.24, 2.45) is 0 Å². The largest absolute Gasteiger partial charge is 0.464 e. The first-order chi connectivity index (χ1) is 8.15. The Bertz CT molecular complexity index is 354. The molecule has 1 atom stereocenters. The molecule has 1 aromatic rings. The second-order valence-corrected chi connectivity index (χ2v) is 4.01. The summed E-state index contributed by atoms with van der Waals surface area (Å²) in [6, 6.07) is 3.67. The topological polar surface area (TPSA) is 51.2 Å². The van der Waals surface area contributed by atoms with Crippen LogP contribution < -0.4 is 5.32 Å². The first-order valence-electron chi connectivity index (χ1n) is 5.98. The molecule has 0 aliphatic heterocycles. The molecule has 1 heterocycles. The molecule has 0 amide bonds. The van der Waals surface area contributed by atoms with Crippen LogP contribution in [0.1, 0.15) is 32.8 Å². The lowest BCUT2D eigenvalue weighted by Gasteiger charge is -2.28. The van der Waals surface area contributed by atoms with E-state index >= 15 is 0 Å². The van der Waals surface area contributed by atoms with E-state index < -0.39 is 5.54 Å². The van der Waals surface area contributed by atoms with Gasteiger partial charge in [-0.2, -0.15) is 0 Å². The molecule has 0 saturated heterocycles. The minimum absolute atomic E-state index is 0.250.